The van der Waals surface area contributed by atoms with E-state index in [1.807, 2.05) is 6.92 Å². The van der Waals surface area contributed by atoms with Gasteiger partial charge in [0.1, 0.15) is 0 Å². The summed E-state index contributed by atoms with van der Waals surface area (Å²) in [5.41, 5.74) is 6.63. The number of carbonyl (C=O) groups excluding carboxylic acids is 1. The van der Waals surface area contributed by atoms with Gasteiger partial charge in [-0.05, 0) is 30.9 Å². The molecular weight excluding hydrogens is 184 g/mol. The van der Waals surface area contributed by atoms with Crippen molar-refractivity contribution in [1.82, 2.24) is 5.32 Å². The number of aryl methyl sites for hydroxylation is 1. The van der Waals surface area contributed by atoms with Crippen LogP contribution in [0.4, 0.5) is 0 Å². The van der Waals surface area contributed by atoms with E-state index in [0.717, 1.165) is 4.88 Å². The van der Waals surface area contributed by atoms with Gasteiger partial charge >= 0.3 is 0 Å². The van der Waals surface area contributed by atoms with Crippen molar-refractivity contribution in [2.45, 2.75) is 26.4 Å². The molecular formula is C9H14N2OS. The van der Waals surface area contributed by atoms with Gasteiger partial charge in [0, 0.05) is 4.88 Å². The summed E-state index contributed by atoms with van der Waals surface area (Å²) in [6, 6.07) is 1.63. The Bertz CT molecular complexity index is 294. The molecule has 1 amide bonds. The fourth-order valence-electron chi connectivity index (χ4n) is 0.919. The van der Waals surface area contributed by atoms with E-state index in [1.54, 1.807) is 18.3 Å². The molecule has 0 aliphatic carbocycles. The number of amides is 1. The molecule has 1 aromatic rings. The van der Waals surface area contributed by atoms with Gasteiger partial charge in [-0.3, -0.25) is 4.79 Å². The number of hydrogen-bond donors (Lipinski definition) is 2. The van der Waals surface area contributed by atoms with Gasteiger partial charge in [0.25, 0.3) is 0 Å². The average molecular weight is 198 g/mol. The molecule has 0 spiro atoms. The van der Waals surface area contributed by atoms with Gasteiger partial charge in [0.2, 0.25) is 5.91 Å². The number of hydrogen-bond acceptors (Lipinski definition) is 3. The normalized spacial score (nSPS) is 12.5. The van der Waals surface area contributed by atoms with Crippen LogP contribution in [0.1, 0.15) is 17.4 Å². The first kappa shape index (κ1) is 10.2. The summed E-state index contributed by atoms with van der Waals surface area (Å²) in [5, 5.41) is 4.82. The largest absolute Gasteiger partial charge is 0.350 e. The molecule has 0 saturated carbocycles. The third-order valence-corrected chi connectivity index (χ3v) is 2.69. The summed E-state index contributed by atoms with van der Waals surface area (Å²) in [6.45, 7) is 4.29. The van der Waals surface area contributed by atoms with Crippen molar-refractivity contribution in [3.8, 4) is 0 Å². The molecule has 1 heterocycles. The Labute approximate surface area is 81.9 Å². The van der Waals surface area contributed by atoms with Crippen LogP contribution in [-0.2, 0) is 11.3 Å². The summed E-state index contributed by atoms with van der Waals surface area (Å²) >= 11 is 1.65. The van der Waals surface area contributed by atoms with Gasteiger partial charge in [-0.15, -0.1) is 11.3 Å². The van der Waals surface area contributed by atoms with E-state index < -0.39 is 6.04 Å². The Kier molecular flexibility index (Phi) is 3.45. The number of thiophene rings is 1. The van der Waals surface area contributed by atoms with Gasteiger partial charge in [-0.1, -0.05) is 0 Å². The van der Waals surface area contributed by atoms with Crippen LogP contribution < -0.4 is 11.1 Å². The fourth-order valence-corrected chi connectivity index (χ4v) is 1.73. The first-order valence-electron chi connectivity index (χ1n) is 4.17. The highest BCUT2D eigenvalue weighted by Crippen LogP contribution is 2.12. The van der Waals surface area contributed by atoms with Gasteiger partial charge in [-0.2, -0.15) is 0 Å². The molecule has 13 heavy (non-hydrogen) atoms. The lowest BCUT2D eigenvalue weighted by Gasteiger charge is -2.05. The van der Waals surface area contributed by atoms with Crippen molar-refractivity contribution < 1.29 is 4.79 Å². The minimum absolute atomic E-state index is 0.106. The monoisotopic (exact) mass is 198 g/mol. The zero-order valence-corrected chi connectivity index (χ0v) is 8.65. The summed E-state index contributed by atoms with van der Waals surface area (Å²) in [4.78, 5) is 12.3. The highest BCUT2D eigenvalue weighted by molar-refractivity contribution is 7.10. The molecule has 0 fully saturated rings. The van der Waals surface area contributed by atoms with Gasteiger partial charge in [0.05, 0.1) is 12.6 Å². The third kappa shape index (κ3) is 3.16. The number of carbonyl (C=O) groups is 1. The van der Waals surface area contributed by atoms with Crippen molar-refractivity contribution in [2.75, 3.05) is 0 Å². The molecule has 0 saturated heterocycles. The zero-order chi connectivity index (χ0) is 9.84. The number of nitrogens with two attached hydrogens (primary N) is 1. The molecule has 1 unspecified atom stereocenters. The van der Waals surface area contributed by atoms with Gasteiger partial charge in [-0.25, -0.2) is 0 Å². The molecule has 0 bridgehead atoms. The SMILES string of the molecule is Cc1csc(CNC(=O)C(C)N)c1. The number of nitrogens with one attached hydrogen (secondary N) is 1. The first-order valence-corrected chi connectivity index (χ1v) is 5.05. The Morgan fingerprint density at radius 3 is 2.92 bits per heavy atom. The minimum Gasteiger partial charge on any atom is -0.350 e. The van der Waals surface area contributed by atoms with Crippen LogP contribution in [0, 0.1) is 6.92 Å². The lowest BCUT2D eigenvalue weighted by Crippen LogP contribution is -2.37. The second kappa shape index (κ2) is 4.39. The van der Waals surface area contributed by atoms with Gasteiger partial charge < -0.3 is 11.1 Å². The van der Waals surface area contributed by atoms with E-state index in [1.165, 1.54) is 5.56 Å². The van der Waals surface area contributed by atoms with Gasteiger partial charge in [0.15, 0.2) is 0 Å². The third-order valence-electron chi connectivity index (χ3n) is 1.64. The second-order valence-electron chi connectivity index (χ2n) is 3.10. The molecule has 0 aromatic carbocycles. The smallest absolute Gasteiger partial charge is 0.236 e. The summed E-state index contributed by atoms with van der Waals surface area (Å²) in [5.74, 6) is -0.106. The predicted molar refractivity (Wildman–Crippen MR) is 54.6 cm³/mol. The van der Waals surface area contributed by atoms with Crippen LogP contribution in [0.5, 0.6) is 0 Å². The molecule has 0 radical (unpaired) electrons. The molecule has 0 aliphatic heterocycles. The Morgan fingerprint density at radius 2 is 2.46 bits per heavy atom. The molecule has 1 atom stereocenters. The molecule has 1 rings (SSSR count). The minimum atomic E-state index is -0.430. The quantitative estimate of drug-likeness (QED) is 0.762. The fraction of sp³-hybridized carbons (Fsp3) is 0.444. The lowest BCUT2D eigenvalue weighted by atomic mass is 10.3. The van der Waals surface area contributed by atoms with E-state index >= 15 is 0 Å². The van der Waals surface area contributed by atoms with Crippen molar-refractivity contribution in [3.63, 3.8) is 0 Å². The molecule has 72 valence electrons. The standard InChI is InChI=1S/C9H14N2OS/c1-6-3-8(13-5-6)4-11-9(12)7(2)10/h3,5,7H,4,10H2,1-2H3,(H,11,12). The first-order chi connectivity index (χ1) is 6.09. The highest BCUT2D eigenvalue weighted by atomic mass is 32.1. The van der Waals surface area contributed by atoms with Crippen LogP contribution in [0.3, 0.4) is 0 Å². The maximum Gasteiger partial charge on any atom is 0.236 e. The van der Waals surface area contributed by atoms with E-state index in [2.05, 4.69) is 16.8 Å². The number of rotatable bonds is 3. The Morgan fingerprint density at radius 1 is 1.77 bits per heavy atom. The average Bonchev–Trinajstić information content (AvgIpc) is 2.47. The molecule has 0 aliphatic rings. The van der Waals surface area contributed by atoms with Crippen molar-refractivity contribution in [3.05, 3.63) is 21.9 Å². The Hall–Kier alpha value is -0.870. The van der Waals surface area contributed by atoms with Crippen LogP contribution in [0.15, 0.2) is 11.4 Å². The van der Waals surface area contributed by atoms with E-state index in [0.29, 0.717) is 6.54 Å². The van der Waals surface area contributed by atoms with Crippen LogP contribution >= 0.6 is 11.3 Å². The van der Waals surface area contributed by atoms with Crippen molar-refractivity contribution >= 4 is 17.2 Å². The van der Waals surface area contributed by atoms with Crippen LogP contribution in [-0.4, -0.2) is 11.9 Å². The highest BCUT2D eigenvalue weighted by Gasteiger charge is 2.06. The summed E-state index contributed by atoms with van der Waals surface area (Å²) in [6.07, 6.45) is 0. The topological polar surface area (TPSA) is 55.1 Å². The van der Waals surface area contributed by atoms with E-state index in [-0.39, 0.29) is 5.91 Å². The Balaban J connectivity index is 2.39. The van der Waals surface area contributed by atoms with E-state index in [9.17, 15) is 4.79 Å². The maximum absolute atomic E-state index is 11.1. The van der Waals surface area contributed by atoms with Crippen molar-refractivity contribution in [1.29, 1.82) is 0 Å². The van der Waals surface area contributed by atoms with Crippen LogP contribution in [0.2, 0.25) is 0 Å². The van der Waals surface area contributed by atoms with Crippen molar-refractivity contribution in [2.24, 2.45) is 5.73 Å². The zero-order valence-electron chi connectivity index (χ0n) is 7.83. The van der Waals surface area contributed by atoms with Crippen LogP contribution in [0.25, 0.3) is 0 Å². The molecule has 4 heteroatoms. The molecule has 3 nitrogen and oxygen atoms in total. The molecule has 1 aromatic heterocycles. The predicted octanol–water partition coefficient (Wildman–Crippen LogP) is 1.02. The second-order valence-corrected chi connectivity index (χ2v) is 4.09. The lowest BCUT2D eigenvalue weighted by molar-refractivity contribution is -0.122. The molecule has 3 N–H and O–H groups in total. The summed E-state index contributed by atoms with van der Waals surface area (Å²) in [7, 11) is 0. The summed E-state index contributed by atoms with van der Waals surface area (Å²) < 4.78 is 0. The van der Waals surface area contributed by atoms with E-state index in [4.69, 9.17) is 5.73 Å². The maximum atomic E-state index is 11.1.